The van der Waals surface area contributed by atoms with Gasteiger partial charge in [-0.1, -0.05) is 48.7 Å². The number of hydrogen-bond donors (Lipinski definition) is 1. The van der Waals surface area contributed by atoms with Crippen LogP contribution < -0.4 is 10.1 Å². The second kappa shape index (κ2) is 7.15. The van der Waals surface area contributed by atoms with E-state index >= 15 is 0 Å². The first-order valence-electron chi connectivity index (χ1n) is 5.89. The largest absolute Gasteiger partial charge is 0.466 e. The van der Waals surface area contributed by atoms with Crippen LogP contribution in [0.3, 0.4) is 0 Å². The molecule has 0 radical (unpaired) electrons. The highest BCUT2D eigenvalue weighted by molar-refractivity contribution is 6.68. The maximum Gasteiger partial charge on any atom is 0.269 e. The first kappa shape index (κ1) is 17.8. The quantitative estimate of drug-likeness (QED) is 0.380. The molecule has 0 aliphatic rings. The van der Waals surface area contributed by atoms with E-state index in [4.69, 9.17) is 39.5 Å². The fraction of sp³-hybridized carbons (Fsp3) is 0.417. The summed E-state index contributed by atoms with van der Waals surface area (Å²) in [6, 6.07) is 5.19. The molecule has 0 saturated carbocycles. The molecule has 1 rings (SSSR count). The van der Waals surface area contributed by atoms with E-state index < -0.39 is 14.9 Å². The van der Waals surface area contributed by atoms with Crippen molar-refractivity contribution in [3.05, 3.63) is 34.4 Å². The van der Waals surface area contributed by atoms with Crippen molar-refractivity contribution in [1.29, 1.82) is 0 Å². The van der Waals surface area contributed by atoms with E-state index in [2.05, 4.69) is 5.32 Å². The molecule has 0 spiro atoms. The van der Waals surface area contributed by atoms with Crippen LogP contribution in [0.1, 0.15) is 13.8 Å². The van der Waals surface area contributed by atoms with E-state index in [0.717, 1.165) is 0 Å². The molecule has 6 nitrogen and oxygen atoms in total. The highest BCUT2D eigenvalue weighted by atomic mass is 35.6. The Morgan fingerprint density at radius 2 is 1.81 bits per heavy atom. The van der Waals surface area contributed by atoms with Gasteiger partial charge in [0.05, 0.1) is 4.92 Å². The number of nitrogens with zero attached hydrogens (tertiary/aromatic N) is 1. The van der Waals surface area contributed by atoms with Crippen molar-refractivity contribution in [2.75, 3.05) is 0 Å². The normalized spacial score (nSPS) is 12.9. The minimum Gasteiger partial charge on any atom is -0.466 e. The monoisotopic (exact) mass is 354 g/mol. The summed E-state index contributed by atoms with van der Waals surface area (Å²) in [7, 11) is 0. The molecule has 0 saturated heterocycles. The van der Waals surface area contributed by atoms with E-state index in [1.165, 1.54) is 24.3 Å². The molecule has 1 amide bonds. The Labute approximate surface area is 136 Å². The third-order valence-electron chi connectivity index (χ3n) is 2.40. The second-order valence-corrected chi connectivity index (χ2v) is 6.82. The SMILES string of the molecule is CC(C)C(=O)N[C@H](Oc1ccc([N+](=O)[O-])cc1)C(Cl)(Cl)Cl. The van der Waals surface area contributed by atoms with Crippen molar-refractivity contribution in [3.63, 3.8) is 0 Å². The van der Waals surface area contributed by atoms with Gasteiger partial charge < -0.3 is 10.1 Å². The molecule has 0 aliphatic carbocycles. The van der Waals surface area contributed by atoms with Crippen molar-refractivity contribution in [2.45, 2.75) is 23.9 Å². The molecule has 0 fully saturated rings. The Morgan fingerprint density at radius 3 is 2.19 bits per heavy atom. The number of amides is 1. The lowest BCUT2D eigenvalue weighted by atomic mass is 10.2. The maximum atomic E-state index is 11.7. The molecule has 0 aromatic heterocycles. The summed E-state index contributed by atoms with van der Waals surface area (Å²) in [4.78, 5) is 21.7. The van der Waals surface area contributed by atoms with Crippen LogP contribution in [-0.4, -0.2) is 20.9 Å². The fourth-order valence-electron chi connectivity index (χ4n) is 1.26. The molecule has 1 aromatic rings. The summed E-state index contributed by atoms with van der Waals surface area (Å²) in [6.07, 6.45) is -1.22. The number of ether oxygens (including phenoxy) is 1. The summed E-state index contributed by atoms with van der Waals surface area (Å²) >= 11 is 17.3. The third-order valence-corrected chi connectivity index (χ3v) is 2.99. The number of carbonyl (C=O) groups is 1. The first-order valence-corrected chi connectivity index (χ1v) is 7.03. The van der Waals surface area contributed by atoms with E-state index in [1.807, 2.05) is 0 Å². The average molecular weight is 356 g/mol. The molecule has 9 heteroatoms. The summed E-state index contributed by atoms with van der Waals surface area (Å²) in [5, 5.41) is 13.0. The molecule has 0 bridgehead atoms. The van der Waals surface area contributed by atoms with Gasteiger partial charge in [-0.05, 0) is 12.1 Å². The number of nitro benzene ring substituents is 1. The summed E-state index contributed by atoms with van der Waals surface area (Å²) < 4.78 is 3.49. The van der Waals surface area contributed by atoms with Crippen LogP contribution in [0.2, 0.25) is 0 Å². The summed E-state index contributed by atoms with van der Waals surface area (Å²) in [5.41, 5.74) is -0.0981. The molecule has 1 atom stereocenters. The molecule has 0 aliphatic heterocycles. The molecular formula is C12H13Cl3N2O4. The molecule has 0 unspecified atom stereocenters. The molecule has 0 heterocycles. The van der Waals surface area contributed by atoms with Crippen LogP contribution >= 0.6 is 34.8 Å². The lowest BCUT2D eigenvalue weighted by Crippen LogP contribution is -2.49. The Bertz CT molecular complexity index is 514. The number of rotatable bonds is 5. The Morgan fingerprint density at radius 1 is 1.29 bits per heavy atom. The number of non-ortho nitro benzene ring substituents is 1. The van der Waals surface area contributed by atoms with Crippen molar-refractivity contribution in [1.82, 2.24) is 5.32 Å². The summed E-state index contributed by atoms with van der Waals surface area (Å²) in [6.45, 7) is 3.35. The van der Waals surface area contributed by atoms with E-state index in [0.29, 0.717) is 0 Å². The van der Waals surface area contributed by atoms with Crippen LogP contribution in [0.15, 0.2) is 24.3 Å². The molecule has 21 heavy (non-hydrogen) atoms. The van der Waals surface area contributed by atoms with Crippen LogP contribution in [0, 0.1) is 16.0 Å². The van der Waals surface area contributed by atoms with Gasteiger partial charge in [-0.2, -0.15) is 0 Å². The molecule has 116 valence electrons. The van der Waals surface area contributed by atoms with Gasteiger partial charge in [-0.3, -0.25) is 14.9 Å². The minimum absolute atomic E-state index is 0.0981. The van der Waals surface area contributed by atoms with Gasteiger partial charge >= 0.3 is 0 Å². The Hall–Kier alpha value is -1.24. The number of carbonyl (C=O) groups excluding carboxylic acids is 1. The van der Waals surface area contributed by atoms with Crippen LogP contribution in [0.5, 0.6) is 5.75 Å². The van der Waals surface area contributed by atoms with Gasteiger partial charge in [0.1, 0.15) is 5.75 Å². The fourth-order valence-corrected chi connectivity index (χ4v) is 1.55. The van der Waals surface area contributed by atoms with Gasteiger partial charge in [0, 0.05) is 18.1 Å². The number of alkyl halides is 3. The lowest BCUT2D eigenvalue weighted by molar-refractivity contribution is -0.384. The van der Waals surface area contributed by atoms with Crippen molar-refractivity contribution < 1.29 is 14.5 Å². The van der Waals surface area contributed by atoms with Crippen LogP contribution in [0.4, 0.5) is 5.69 Å². The van der Waals surface area contributed by atoms with Crippen LogP contribution in [-0.2, 0) is 4.79 Å². The van der Waals surface area contributed by atoms with Crippen LogP contribution in [0.25, 0.3) is 0 Å². The first-order chi connectivity index (χ1) is 9.61. The summed E-state index contributed by atoms with van der Waals surface area (Å²) in [5.74, 6) is -0.450. The van der Waals surface area contributed by atoms with Gasteiger partial charge in [0.15, 0.2) is 0 Å². The maximum absolute atomic E-state index is 11.7. The lowest BCUT2D eigenvalue weighted by Gasteiger charge is -2.26. The Kier molecular flexibility index (Phi) is 6.07. The predicted octanol–water partition coefficient (Wildman–Crippen LogP) is 3.44. The highest BCUT2D eigenvalue weighted by Crippen LogP contribution is 2.32. The van der Waals surface area contributed by atoms with Crippen molar-refractivity contribution in [2.24, 2.45) is 5.92 Å². The van der Waals surface area contributed by atoms with Gasteiger partial charge in [-0.25, -0.2) is 0 Å². The number of nitrogens with one attached hydrogen (secondary N) is 1. The third kappa shape index (κ3) is 5.57. The topological polar surface area (TPSA) is 81.5 Å². The molecular weight excluding hydrogens is 343 g/mol. The molecule has 1 aromatic carbocycles. The van der Waals surface area contributed by atoms with Crippen molar-refractivity contribution >= 4 is 46.4 Å². The van der Waals surface area contributed by atoms with Gasteiger partial charge in [-0.15, -0.1) is 0 Å². The average Bonchev–Trinajstić information content (AvgIpc) is 2.37. The van der Waals surface area contributed by atoms with E-state index in [-0.39, 0.29) is 23.3 Å². The predicted molar refractivity (Wildman–Crippen MR) is 80.8 cm³/mol. The smallest absolute Gasteiger partial charge is 0.269 e. The Balaban J connectivity index is 2.86. The zero-order valence-electron chi connectivity index (χ0n) is 11.2. The number of nitro groups is 1. The zero-order valence-corrected chi connectivity index (χ0v) is 13.4. The second-order valence-electron chi connectivity index (χ2n) is 4.45. The van der Waals surface area contributed by atoms with E-state index in [9.17, 15) is 14.9 Å². The number of hydrogen-bond acceptors (Lipinski definition) is 4. The minimum atomic E-state index is -1.90. The van der Waals surface area contributed by atoms with Crippen molar-refractivity contribution in [3.8, 4) is 5.75 Å². The van der Waals surface area contributed by atoms with E-state index in [1.54, 1.807) is 13.8 Å². The number of halogens is 3. The highest BCUT2D eigenvalue weighted by Gasteiger charge is 2.36. The molecule has 1 N–H and O–H groups in total. The van der Waals surface area contributed by atoms with Gasteiger partial charge in [0.25, 0.3) is 5.69 Å². The van der Waals surface area contributed by atoms with Gasteiger partial charge in [0.2, 0.25) is 15.9 Å². The zero-order chi connectivity index (χ0) is 16.2. The number of benzene rings is 1. The standard InChI is InChI=1S/C12H13Cl3N2O4/c1-7(2)10(18)16-11(12(13,14)15)21-9-5-3-8(4-6-9)17(19)20/h3-7,11H,1-2H3,(H,16,18)/t11-/m1/s1.